The van der Waals surface area contributed by atoms with E-state index < -0.39 is 0 Å². The molecule has 2 aromatic rings. The largest absolute Gasteiger partial charge is 0.331 e. The third-order valence-corrected chi connectivity index (χ3v) is 4.06. The van der Waals surface area contributed by atoms with Crippen LogP contribution in [0.15, 0.2) is 47.2 Å². The molecule has 5 nitrogen and oxygen atoms in total. The van der Waals surface area contributed by atoms with Gasteiger partial charge in [-0.15, -0.1) is 0 Å². The molecule has 1 saturated heterocycles. The fourth-order valence-corrected chi connectivity index (χ4v) is 2.96. The summed E-state index contributed by atoms with van der Waals surface area (Å²) in [4.78, 5) is 14.5. The maximum atomic E-state index is 12.6. The predicted octanol–water partition coefficient (Wildman–Crippen LogP) is 1.82. The minimum atomic E-state index is 0.0893. The van der Waals surface area contributed by atoms with Gasteiger partial charge in [-0.1, -0.05) is 30.3 Å². The Morgan fingerprint density at radius 2 is 2.19 bits per heavy atom. The summed E-state index contributed by atoms with van der Waals surface area (Å²) >= 11 is 3.35. The van der Waals surface area contributed by atoms with Gasteiger partial charge in [-0.05, 0) is 21.5 Å². The second kappa shape index (κ2) is 6.41. The van der Waals surface area contributed by atoms with Crippen LogP contribution in [0.2, 0.25) is 0 Å². The van der Waals surface area contributed by atoms with Gasteiger partial charge in [0.25, 0.3) is 0 Å². The summed E-state index contributed by atoms with van der Waals surface area (Å²) < 4.78 is 2.55. The Labute approximate surface area is 132 Å². The molecule has 1 fully saturated rings. The van der Waals surface area contributed by atoms with Gasteiger partial charge in [0.1, 0.15) is 6.54 Å². The van der Waals surface area contributed by atoms with Crippen LogP contribution in [-0.4, -0.2) is 40.2 Å². The van der Waals surface area contributed by atoms with E-state index in [2.05, 4.69) is 38.5 Å². The lowest BCUT2D eigenvalue weighted by molar-refractivity contribution is -0.135. The van der Waals surface area contributed by atoms with E-state index in [1.54, 1.807) is 10.9 Å². The number of hydrogen-bond acceptors (Lipinski definition) is 3. The third-order valence-electron chi connectivity index (χ3n) is 3.65. The van der Waals surface area contributed by atoms with E-state index in [1.807, 2.05) is 29.3 Å². The van der Waals surface area contributed by atoms with E-state index in [-0.39, 0.29) is 18.5 Å². The van der Waals surface area contributed by atoms with Crippen molar-refractivity contribution in [3.8, 4) is 0 Å². The number of carbonyl (C=O) groups excluding carboxylic acids is 1. The first kappa shape index (κ1) is 14.3. The van der Waals surface area contributed by atoms with Gasteiger partial charge in [-0.3, -0.25) is 9.48 Å². The summed E-state index contributed by atoms with van der Waals surface area (Å²) in [5.41, 5.74) is 1.17. The normalized spacial score (nSPS) is 18.7. The molecule has 1 unspecified atom stereocenters. The second-order valence-corrected chi connectivity index (χ2v) is 5.99. The molecule has 6 heteroatoms. The van der Waals surface area contributed by atoms with Crippen LogP contribution in [0.3, 0.4) is 0 Å². The van der Waals surface area contributed by atoms with E-state index >= 15 is 0 Å². The number of nitrogens with zero attached hydrogens (tertiary/aromatic N) is 3. The second-order valence-electron chi connectivity index (χ2n) is 5.07. The van der Waals surface area contributed by atoms with Crippen molar-refractivity contribution in [2.45, 2.75) is 12.6 Å². The Morgan fingerprint density at radius 1 is 1.38 bits per heavy atom. The molecule has 21 heavy (non-hydrogen) atoms. The van der Waals surface area contributed by atoms with Crippen LogP contribution in [0.5, 0.6) is 0 Å². The molecule has 0 bridgehead atoms. The number of nitrogens with one attached hydrogen (secondary N) is 1. The molecule has 0 saturated carbocycles. The lowest BCUT2D eigenvalue weighted by atomic mass is 10.0. The molecular formula is C15H17BrN4O. The van der Waals surface area contributed by atoms with Gasteiger partial charge in [0.2, 0.25) is 5.91 Å². The van der Waals surface area contributed by atoms with Crippen molar-refractivity contribution in [2.75, 3.05) is 19.6 Å². The Kier molecular flexibility index (Phi) is 4.36. The maximum Gasteiger partial charge on any atom is 0.244 e. The number of aromatic nitrogens is 2. The van der Waals surface area contributed by atoms with Crippen molar-refractivity contribution in [3.05, 3.63) is 52.8 Å². The molecule has 0 radical (unpaired) electrons. The summed E-state index contributed by atoms with van der Waals surface area (Å²) in [6.07, 6.45) is 3.51. The monoisotopic (exact) mass is 348 g/mol. The van der Waals surface area contributed by atoms with Crippen molar-refractivity contribution in [1.82, 2.24) is 20.0 Å². The Bertz CT molecular complexity index is 613. The standard InChI is InChI=1S/C15H17BrN4O/c16-13-8-18-19(10-13)11-15(21)20-7-6-17-9-14(20)12-4-2-1-3-5-12/h1-5,8,10,14,17H,6-7,9,11H2. The van der Waals surface area contributed by atoms with Gasteiger partial charge in [0.05, 0.1) is 16.7 Å². The summed E-state index contributed by atoms with van der Waals surface area (Å²) in [5.74, 6) is 0.0981. The van der Waals surface area contributed by atoms with Crippen LogP contribution in [-0.2, 0) is 11.3 Å². The summed E-state index contributed by atoms with van der Waals surface area (Å²) in [6, 6.07) is 10.2. The molecule has 1 N–H and O–H groups in total. The third kappa shape index (κ3) is 3.33. The molecule has 3 rings (SSSR count). The van der Waals surface area contributed by atoms with Gasteiger partial charge in [-0.2, -0.15) is 5.10 Å². The van der Waals surface area contributed by atoms with Gasteiger partial charge >= 0.3 is 0 Å². The number of piperazine rings is 1. The van der Waals surface area contributed by atoms with Crippen molar-refractivity contribution in [3.63, 3.8) is 0 Å². The number of rotatable bonds is 3. The highest BCUT2D eigenvalue weighted by atomic mass is 79.9. The number of amides is 1. The Balaban J connectivity index is 1.76. The van der Waals surface area contributed by atoms with E-state index in [4.69, 9.17) is 0 Å². The first-order chi connectivity index (χ1) is 10.2. The molecule has 110 valence electrons. The van der Waals surface area contributed by atoms with E-state index in [9.17, 15) is 4.79 Å². The molecule has 1 amide bonds. The molecule has 0 spiro atoms. The summed E-state index contributed by atoms with van der Waals surface area (Å²) in [6.45, 7) is 2.62. The molecule has 1 aromatic heterocycles. The summed E-state index contributed by atoms with van der Waals surface area (Å²) in [7, 11) is 0. The molecular weight excluding hydrogens is 332 g/mol. The van der Waals surface area contributed by atoms with Gasteiger partial charge in [0.15, 0.2) is 0 Å². The maximum absolute atomic E-state index is 12.6. The highest BCUT2D eigenvalue weighted by Gasteiger charge is 2.27. The van der Waals surface area contributed by atoms with Crippen LogP contribution in [0.25, 0.3) is 0 Å². The zero-order chi connectivity index (χ0) is 14.7. The molecule has 1 aromatic carbocycles. The number of halogens is 1. The van der Waals surface area contributed by atoms with Crippen molar-refractivity contribution < 1.29 is 4.79 Å². The van der Waals surface area contributed by atoms with Gasteiger partial charge in [-0.25, -0.2) is 0 Å². The SMILES string of the molecule is O=C(Cn1cc(Br)cn1)N1CCNCC1c1ccccc1. The fourth-order valence-electron chi connectivity index (χ4n) is 2.63. The average Bonchev–Trinajstić information content (AvgIpc) is 2.93. The average molecular weight is 349 g/mol. The van der Waals surface area contributed by atoms with Crippen molar-refractivity contribution in [2.24, 2.45) is 0 Å². The highest BCUT2D eigenvalue weighted by Crippen LogP contribution is 2.22. The fraction of sp³-hybridized carbons (Fsp3) is 0.333. The zero-order valence-corrected chi connectivity index (χ0v) is 13.2. The predicted molar refractivity (Wildman–Crippen MR) is 83.7 cm³/mol. The lowest BCUT2D eigenvalue weighted by Crippen LogP contribution is -2.49. The van der Waals surface area contributed by atoms with Gasteiger partial charge in [0, 0.05) is 25.8 Å². The number of carbonyl (C=O) groups is 1. The number of benzene rings is 1. The first-order valence-corrected chi connectivity index (χ1v) is 7.76. The zero-order valence-electron chi connectivity index (χ0n) is 11.6. The molecule has 1 atom stereocenters. The summed E-state index contributed by atoms with van der Waals surface area (Å²) in [5, 5.41) is 7.52. The minimum Gasteiger partial charge on any atom is -0.331 e. The minimum absolute atomic E-state index is 0.0893. The Hall–Kier alpha value is -1.66. The first-order valence-electron chi connectivity index (χ1n) is 6.97. The van der Waals surface area contributed by atoms with Gasteiger partial charge < -0.3 is 10.2 Å². The molecule has 0 aliphatic carbocycles. The van der Waals surface area contributed by atoms with Crippen LogP contribution in [0.4, 0.5) is 0 Å². The Morgan fingerprint density at radius 3 is 2.90 bits per heavy atom. The van der Waals surface area contributed by atoms with Crippen molar-refractivity contribution >= 4 is 21.8 Å². The van der Waals surface area contributed by atoms with Crippen LogP contribution < -0.4 is 5.32 Å². The molecule has 1 aliphatic rings. The highest BCUT2D eigenvalue weighted by molar-refractivity contribution is 9.10. The molecule has 2 heterocycles. The van der Waals surface area contributed by atoms with Crippen LogP contribution in [0.1, 0.15) is 11.6 Å². The smallest absolute Gasteiger partial charge is 0.244 e. The topological polar surface area (TPSA) is 50.2 Å². The molecule has 1 aliphatic heterocycles. The quantitative estimate of drug-likeness (QED) is 0.920. The van der Waals surface area contributed by atoms with E-state index in [0.717, 1.165) is 24.1 Å². The van der Waals surface area contributed by atoms with Crippen molar-refractivity contribution in [1.29, 1.82) is 0 Å². The number of hydrogen-bond donors (Lipinski definition) is 1. The van der Waals surface area contributed by atoms with E-state index in [0.29, 0.717) is 0 Å². The van der Waals surface area contributed by atoms with Crippen LogP contribution in [0, 0.1) is 0 Å². The van der Waals surface area contributed by atoms with E-state index in [1.165, 1.54) is 5.56 Å². The van der Waals surface area contributed by atoms with Crippen LogP contribution >= 0.6 is 15.9 Å². The lowest BCUT2D eigenvalue weighted by Gasteiger charge is -2.36.